The minimum absolute atomic E-state index is 0.383. The molecule has 0 bridgehead atoms. The third kappa shape index (κ3) is 2.56. The van der Waals surface area contributed by atoms with E-state index >= 15 is 0 Å². The van der Waals surface area contributed by atoms with Crippen molar-refractivity contribution in [1.29, 1.82) is 0 Å². The molecule has 0 atom stereocenters. The van der Waals surface area contributed by atoms with Crippen molar-refractivity contribution in [2.45, 2.75) is 38.9 Å². The van der Waals surface area contributed by atoms with Crippen LogP contribution in [0.15, 0.2) is 61.1 Å². The number of aromatic nitrogens is 3. The molecule has 5 rings (SSSR count). The van der Waals surface area contributed by atoms with E-state index < -0.39 is 7.12 Å². The molecular formula is C22H22BN3O2. The molecule has 3 aliphatic heterocycles. The standard InChI is InChI=1S/C22H22BN3O2/c1-21(2)22(3,4)28-23(27-21)15-12-16(14-24-13-15)26-11-7-9-18-17-8-5-6-10-19(17)25-20(18)26/h5-14H,1-4H3. The number of benzene rings is 1. The van der Waals surface area contributed by atoms with Crippen molar-refractivity contribution in [3.8, 4) is 17.1 Å². The number of hydrogen-bond acceptors (Lipinski definition) is 4. The largest absolute Gasteiger partial charge is 0.496 e. The molecule has 6 heteroatoms. The monoisotopic (exact) mass is 371 g/mol. The van der Waals surface area contributed by atoms with Crippen LogP contribution in [0, 0.1) is 0 Å². The molecule has 140 valence electrons. The number of fused-ring (bicyclic) bond motifs is 3. The molecule has 5 nitrogen and oxygen atoms in total. The highest BCUT2D eigenvalue weighted by molar-refractivity contribution is 6.62. The van der Waals surface area contributed by atoms with E-state index in [1.54, 1.807) is 6.20 Å². The van der Waals surface area contributed by atoms with Gasteiger partial charge in [-0.25, -0.2) is 4.98 Å². The Morgan fingerprint density at radius 2 is 1.68 bits per heavy atom. The Balaban J connectivity index is 1.59. The van der Waals surface area contributed by atoms with Crippen molar-refractivity contribution in [2.75, 3.05) is 0 Å². The SMILES string of the molecule is CC1(C)OB(c2cncc(-n3cccc4c5ccccc5nc3-4)c2)OC1(C)C. The first-order chi connectivity index (χ1) is 13.4. The zero-order valence-electron chi connectivity index (χ0n) is 16.5. The molecule has 28 heavy (non-hydrogen) atoms. The van der Waals surface area contributed by atoms with Crippen LogP contribution in [0.25, 0.3) is 28.0 Å². The lowest BCUT2D eigenvalue weighted by atomic mass is 9.80. The highest BCUT2D eigenvalue weighted by atomic mass is 16.7. The van der Waals surface area contributed by atoms with E-state index in [9.17, 15) is 0 Å². The molecule has 0 unspecified atom stereocenters. The molecule has 1 aromatic carbocycles. The van der Waals surface area contributed by atoms with Gasteiger partial charge in [0.2, 0.25) is 0 Å². The fraction of sp³-hybridized carbons (Fsp3) is 0.273. The lowest BCUT2D eigenvalue weighted by Crippen LogP contribution is -2.41. The predicted octanol–water partition coefficient (Wildman–Crippen LogP) is 3.82. The number of hydrogen-bond donors (Lipinski definition) is 0. The van der Waals surface area contributed by atoms with Crippen LogP contribution in [0.3, 0.4) is 0 Å². The van der Waals surface area contributed by atoms with Gasteiger partial charge in [0.1, 0.15) is 5.82 Å². The van der Waals surface area contributed by atoms with Crippen molar-refractivity contribution in [3.63, 3.8) is 0 Å². The van der Waals surface area contributed by atoms with Crippen LogP contribution in [0.2, 0.25) is 0 Å². The maximum Gasteiger partial charge on any atom is 0.496 e. The third-order valence-corrected chi connectivity index (χ3v) is 5.94. The summed E-state index contributed by atoms with van der Waals surface area (Å²) in [7, 11) is -0.441. The van der Waals surface area contributed by atoms with Crippen molar-refractivity contribution >= 4 is 23.5 Å². The normalized spacial score (nSPS) is 18.2. The Bertz CT molecular complexity index is 1140. The van der Waals surface area contributed by atoms with Crippen molar-refractivity contribution in [3.05, 3.63) is 61.1 Å². The molecule has 2 aromatic rings. The maximum atomic E-state index is 6.19. The zero-order valence-corrected chi connectivity index (χ0v) is 16.5. The maximum absolute atomic E-state index is 6.19. The second-order valence-corrected chi connectivity index (χ2v) is 8.31. The van der Waals surface area contributed by atoms with Crippen molar-refractivity contribution in [2.24, 2.45) is 0 Å². The van der Waals surface area contributed by atoms with Gasteiger partial charge in [0.25, 0.3) is 0 Å². The van der Waals surface area contributed by atoms with Gasteiger partial charge >= 0.3 is 7.12 Å². The highest BCUT2D eigenvalue weighted by Crippen LogP contribution is 2.37. The van der Waals surface area contributed by atoms with E-state index in [-0.39, 0.29) is 11.2 Å². The van der Waals surface area contributed by atoms with E-state index in [1.807, 2.05) is 36.7 Å². The summed E-state index contributed by atoms with van der Waals surface area (Å²) >= 11 is 0. The van der Waals surface area contributed by atoms with Crippen molar-refractivity contribution < 1.29 is 9.31 Å². The number of para-hydroxylation sites is 1. The Labute approximate surface area is 164 Å². The molecule has 1 fully saturated rings. The Morgan fingerprint density at radius 3 is 2.46 bits per heavy atom. The van der Waals surface area contributed by atoms with Crippen LogP contribution in [0.1, 0.15) is 27.7 Å². The van der Waals surface area contributed by atoms with Crippen LogP contribution >= 0.6 is 0 Å². The van der Waals surface area contributed by atoms with Gasteiger partial charge in [-0.05, 0) is 52.0 Å². The summed E-state index contributed by atoms with van der Waals surface area (Å²) < 4.78 is 14.4. The second kappa shape index (κ2) is 5.90. The molecule has 0 aliphatic carbocycles. The van der Waals surface area contributed by atoms with Crippen LogP contribution in [0.4, 0.5) is 0 Å². The fourth-order valence-corrected chi connectivity index (χ4v) is 3.63. The summed E-state index contributed by atoms with van der Waals surface area (Å²) in [6.45, 7) is 8.22. The van der Waals surface area contributed by atoms with Crippen LogP contribution in [0.5, 0.6) is 0 Å². The van der Waals surface area contributed by atoms with Gasteiger partial charge < -0.3 is 9.31 Å². The quantitative estimate of drug-likeness (QED) is 0.503. The zero-order chi connectivity index (χ0) is 19.5. The van der Waals surface area contributed by atoms with Crippen LogP contribution in [-0.2, 0) is 9.31 Å². The first-order valence-electron chi connectivity index (χ1n) is 9.52. The minimum Gasteiger partial charge on any atom is -0.399 e. The fourth-order valence-electron chi connectivity index (χ4n) is 3.63. The first kappa shape index (κ1) is 17.4. The summed E-state index contributed by atoms with van der Waals surface area (Å²) in [5.41, 5.74) is 3.18. The number of nitrogens with zero attached hydrogens (tertiary/aromatic N) is 3. The molecule has 4 heterocycles. The summed E-state index contributed by atoms with van der Waals surface area (Å²) in [5, 5.41) is 1.15. The van der Waals surface area contributed by atoms with Crippen LogP contribution in [-0.4, -0.2) is 32.9 Å². The average Bonchev–Trinajstić information content (AvgIpc) is 3.15. The van der Waals surface area contributed by atoms with E-state index in [4.69, 9.17) is 14.3 Å². The smallest absolute Gasteiger partial charge is 0.399 e. The average molecular weight is 371 g/mol. The Kier molecular flexibility index (Phi) is 3.67. The first-order valence-corrected chi connectivity index (χ1v) is 9.52. The molecule has 0 radical (unpaired) electrons. The van der Waals surface area contributed by atoms with Gasteiger partial charge in [-0.1, -0.05) is 18.2 Å². The molecule has 1 aromatic heterocycles. The van der Waals surface area contributed by atoms with E-state index in [1.165, 1.54) is 0 Å². The van der Waals surface area contributed by atoms with Gasteiger partial charge in [0, 0.05) is 28.8 Å². The molecule has 0 spiro atoms. The van der Waals surface area contributed by atoms with Crippen molar-refractivity contribution in [1.82, 2.24) is 14.5 Å². The molecule has 1 saturated heterocycles. The summed E-state index contributed by atoms with van der Waals surface area (Å²) in [5.74, 6) is 0.913. The molecule has 3 aliphatic rings. The van der Waals surface area contributed by atoms with Gasteiger partial charge in [-0.15, -0.1) is 0 Å². The number of rotatable bonds is 2. The minimum atomic E-state index is -0.441. The number of pyridine rings is 2. The van der Waals surface area contributed by atoms with E-state index in [0.29, 0.717) is 0 Å². The van der Waals surface area contributed by atoms with E-state index in [2.05, 4.69) is 55.4 Å². The predicted molar refractivity (Wildman–Crippen MR) is 111 cm³/mol. The molecule has 0 saturated carbocycles. The van der Waals surface area contributed by atoms with Gasteiger partial charge in [-0.2, -0.15) is 0 Å². The Hall–Kier alpha value is -2.70. The molecular weight excluding hydrogens is 349 g/mol. The summed E-state index contributed by atoms with van der Waals surface area (Å²) in [6, 6.07) is 14.4. The highest BCUT2D eigenvalue weighted by Gasteiger charge is 2.51. The lowest BCUT2D eigenvalue weighted by molar-refractivity contribution is 0.00578. The van der Waals surface area contributed by atoms with Crippen LogP contribution < -0.4 is 5.46 Å². The second-order valence-electron chi connectivity index (χ2n) is 8.31. The van der Waals surface area contributed by atoms with Gasteiger partial charge in [0.15, 0.2) is 0 Å². The van der Waals surface area contributed by atoms with E-state index in [0.717, 1.165) is 33.4 Å². The Morgan fingerprint density at radius 1 is 0.929 bits per heavy atom. The van der Waals surface area contributed by atoms with Gasteiger partial charge in [0.05, 0.1) is 28.6 Å². The van der Waals surface area contributed by atoms with Gasteiger partial charge in [-0.3, -0.25) is 9.55 Å². The third-order valence-electron chi connectivity index (χ3n) is 5.94. The summed E-state index contributed by atoms with van der Waals surface area (Å²) in [4.78, 5) is 9.29. The molecule has 0 N–H and O–H groups in total. The summed E-state index contributed by atoms with van der Waals surface area (Å²) in [6.07, 6.45) is 5.66. The molecule has 0 amide bonds. The lowest BCUT2D eigenvalue weighted by Gasteiger charge is -2.32. The topological polar surface area (TPSA) is 49.2 Å².